The van der Waals surface area contributed by atoms with Crippen LogP contribution >= 0.6 is 0 Å². The molecule has 0 fully saturated rings. The molecule has 0 bridgehead atoms. The summed E-state index contributed by atoms with van der Waals surface area (Å²) in [7, 11) is 2.03. The highest BCUT2D eigenvalue weighted by Crippen LogP contribution is 2.07. The van der Waals surface area contributed by atoms with Crippen molar-refractivity contribution in [2.45, 2.75) is 12.8 Å². The van der Waals surface area contributed by atoms with Gasteiger partial charge in [0.25, 0.3) is 0 Å². The number of likely N-dealkylation sites (N-methyl/N-ethyl adjacent to an activating group) is 1. The van der Waals surface area contributed by atoms with E-state index in [1.165, 1.54) is 0 Å². The summed E-state index contributed by atoms with van der Waals surface area (Å²) in [5.74, 6) is 0. The first-order valence-electron chi connectivity index (χ1n) is 4.90. The molecule has 74 valence electrons. The van der Waals surface area contributed by atoms with Gasteiger partial charge in [0.15, 0.2) is 0 Å². The molecular weight excluding hydrogens is 170 g/mol. The summed E-state index contributed by atoms with van der Waals surface area (Å²) < 4.78 is 0. The Morgan fingerprint density at radius 3 is 2.79 bits per heavy atom. The molecule has 0 unspecified atom stereocenters. The van der Waals surface area contributed by atoms with E-state index >= 15 is 0 Å². The number of rotatable bonds is 1. The molecule has 0 saturated carbocycles. The van der Waals surface area contributed by atoms with Gasteiger partial charge in [-0.3, -0.25) is 0 Å². The van der Waals surface area contributed by atoms with Crippen LogP contribution in [0.2, 0.25) is 0 Å². The summed E-state index contributed by atoms with van der Waals surface area (Å²) in [6.45, 7) is 3.80. The highest BCUT2D eigenvalue weighted by atomic mass is 15.1. The zero-order valence-corrected chi connectivity index (χ0v) is 8.69. The Morgan fingerprint density at radius 2 is 2.00 bits per heavy atom. The summed E-state index contributed by atoms with van der Waals surface area (Å²) in [4.78, 5) is 2.07. The zero-order valence-electron chi connectivity index (χ0n) is 8.69. The second-order valence-corrected chi connectivity index (χ2v) is 3.18. The van der Waals surface area contributed by atoms with Gasteiger partial charge in [0.05, 0.1) is 0 Å². The van der Waals surface area contributed by atoms with E-state index in [4.69, 9.17) is 0 Å². The Hall–Kier alpha value is -1.50. The normalized spacial score (nSPS) is 28.1. The van der Waals surface area contributed by atoms with E-state index < -0.39 is 0 Å². The van der Waals surface area contributed by atoms with E-state index in [0.717, 1.165) is 18.5 Å². The molecule has 0 aromatic heterocycles. The van der Waals surface area contributed by atoms with Crippen LogP contribution in [0, 0.1) is 0 Å². The third kappa shape index (κ3) is 3.48. The van der Waals surface area contributed by atoms with Crippen molar-refractivity contribution in [3.05, 3.63) is 61.0 Å². The van der Waals surface area contributed by atoms with E-state index in [0.29, 0.717) is 0 Å². The van der Waals surface area contributed by atoms with Crippen molar-refractivity contribution in [2.75, 3.05) is 7.05 Å². The minimum atomic E-state index is 1.06. The molecule has 0 aromatic carbocycles. The fraction of sp³-hybridized carbons (Fsp3) is 0.231. The molecule has 1 aliphatic heterocycles. The lowest BCUT2D eigenvalue weighted by Gasteiger charge is -2.14. The summed E-state index contributed by atoms with van der Waals surface area (Å²) in [5, 5.41) is 0. The van der Waals surface area contributed by atoms with Crippen LogP contribution < -0.4 is 0 Å². The lowest BCUT2D eigenvalue weighted by Crippen LogP contribution is -2.07. The van der Waals surface area contributed by atoms with Crippen LogP contribution in [-0.4, -0.2) is 11.9 Å². The predicted molar refractivity (Wildman–Crippen MR) is 62.7 cm³/mol. The van der Waals surface area contributed by atoms with Gasteiger partial charge in [0.2, 0.25) is 0 Å². The van der Waals surface area contributed by atoms with Gasteiger partial charge < -0.3 is 4.90 Å². The topological polar surface area (TPSA) is 3.24 Å². The fourth-order valence-electron chi connectivity index (χ4n) is 1.27. The standard InChI is InChI=1S/C13H17N/c1-3-13-11-9-7-5-4-6-8-10-12-14(13)2/h3-6,8,10-12H,1,7,9H2,2H3/b5-4+,8-6-,12-10+,13-11-. The Morgan fingerprint density at radius 1 is 1.21 bits per heavy atom. The highest BCUT2D eigenvalue weighted by Gasteiger charge is 1.94. The molecule has 0 radical (unpaired) electrons. The second kappa shape index (κ2) is 6.03. The Labute approximate surface area is 86.4 Å². The van der Waals surface area contributed by atoms with Crippen molar-refractivity contribution in [1.29, 1.82) is 0 Å². The van der Waals surface area contributed by atoms with Gasteiger partial charge in [-0.25, -0.2) is 0 Å². The van der Waals surface area contributed by atoms with Gasteiger partial charge in [-0.1, -0.05) is 37.0 Å². The second-order valence-electron chi connectivity index (χ2n) is 3.18. The Kier molecular flexibility index (Phi) is 4.56. The van der Waals surface area contributed by atoms with Crippen LogP contribution in [0.3, 0.4) is 0 Å². The van der Waals surface area contributed by atoms with Crippen LogP contribution in [0.1, 0.15) is 12.8 Å². The molecule has 1 nitrogen and oxygen atoms in total. The van der Waals surface area contributed by atoms with E-state index in [-0.39, 0.29) is 0 Å². The summed E-state index contributed by atoms with van der Waals surface area (Å²) in [6.07, 6.45) is 18.6. The predicted octanol–water partition coefficient (Wildman–Crippen LogP) is 3.41. The molecule has 0 aliphatic carbocycles. The molecule has 1 rings (SSSR count). The van der Waals surface area contributed by atoms with Crippen LogP contribution in [-0.2, 0) is 0 Å². The summed E-state index contributed by atoms with van der Waals surface area (Å²) in [5.41, 5.74) is 1.16. The lowest BCUT2D eigenvalue weighted by molar-refractivity contribution is 0.585. The van der Waals surface area contributed by atoms with Gasteiger partial charge in [0.1, 0.15) is 0 Å². The maximum absolute atomic E-state index is 3.80. The fourth-order valence-corrected chi connectivity index (χ4v) is 1.27. The van der Waals surface area contributed by atoms with Crippen LogP contribution in [0.5, 0.6) is 0 Å². The van der Waals surface area contributed by atoms with E-state index in [1.54, 1.807) is 0 Å². The molecule has 14 heavy (non-hydrogen) atoms. The minimum Gasteiger partial charge on any atom is -0.351 e. The average Bonchev–Trinajstić information content (AvgIpc) is 2.24. The van der Waals surface area contributed by atoms with Gasteiger partial charge >= 0.3 is 0 Å². The maximum Gasteiger partial charge on any atom is 0.0357 e. The molecule has 0 atom stereocenters. The molecule has 1 heterocycles. The number of nitrogens with zero attached hydrogens (tertiary/aromatic N) is 1. The van der Waals surface area contributed by atoms with Crippen molar-refractivity contribution in [1.82, 2.24) is 4.90 Å². The first-order valence-corrected chi connectivity index (χ1v) is 4.90. The molecule has 0 aromatic rings. The average molecular weight is 187 g/mol. The van der Waals surface area contributed by atoms with Crippen molar-refractivity contribution in [3.8, 4) is 0 Å². The monoisotopic (exact) mass is 187 g/mol. The first-order chi connectivity index (χ1) is 6.84. The molecule has 1 heteroatoms. The Balaban J connectivity index is 2.79. The molecule has 1 aliphatic rings. The van der Waals surface area contributed by atoms with Gasteiger partial charge in [-0.2, -0.15) is 0 Å². The number of hydrogen-bond donors (Lipinski definition) is 0. The largest absolute Gasteiger partial charge is 0.351 e. The van der Waals surface area contributed by atoms with Gasteiger partial charge in [-0.15, -0.1) is 0 Å². The summed E-state index contributed by atoms with van der Waals surface area (Å²) >= 11 is 0. The van der Waals surface area contributed by atoms with E-state index in [1.807, 2.05) is 37.6 Å². The zero-order chi connectivity index (χ0) is 10.2. The number of allylic oxidation sites excluding steroid dienone is 7. The SMILES string of the molecule is C=C/C1=C/CC/C=C/C=C\C=C\N1C. The summed E-state index contributed by atoms with van der Waals surface area (Å²) in [6, 6.07) is 0. The first kappa shape index (κ1) is 10.6. The molecule has 0 N–H and O–H groups in total. The van der Waals surface area contributed by atoms with Gasteiger partial charge in [-0.05, 0) is 25.0 Å². The molecule has 0 amide bonds. The third-order valence-electron chi connectivity index (χ3n) is 2.08. The molecule has 0 saturated heterocycles. The van der Waals surface area contributed by atoms with Crippen molar-refractivity contribution >= 4 is 0 Å². The van der Waals surface area contributed by atoms with E-state index in [2.05, 4.69) is 29.7 Å². The van der Waals surface area contributed by atoms with Gasteiger partial charge in [0, 0.05) is 18.9 Å². The quantitative estimate of drug-likeness (QED) is 0.608. The van der Waals surface area contributed by atoms with Crippen LogP contribution in [0.25, 0.3) is 0 Å². The Bertz CT molecular complexity index is 292. The third-order valence-corrected chi connectivity index (χ3v) is 2.08. The van der Waals surface area contributed by atoms with E-state index in [9.17, 15) is 0 Å². The maximum atomic E-state index is 3.80. The van der Waals surface area contributed by atoms with Crippen molar-refractivity contribution in [3.63, 3.8) is 0 Å². The van der Waals surface area contributed by atoms with Crippen molar-refractivity contribution in [2.24, 2.45) is 0 Å². The van der Waals surface area contributed by atoms with Crippen LogP contribution in [0.4, 0.5) is 0 Å². The molecular formula is C13H17N. The van der Waals surface area contributed by atoms with Crippen LogP contribution in [0.15, 0.2) is 61.0 Å². The minimum absolute atomic E-state index is 1.06. The highest BCUT2D eigenvalue weighted by molar-refractivity contribution is 5.20. The van der Waals surface area contributed by atoms with Crippen molar-refractivity contribution < 1.29 is 0 Å². The smallest absolute Gasteiger partial charge is 0.0357 e. The molecule has 0 spiro atoms. The lowest BCUT2D eigenvalue weighted by atomic mass is 10.2. The number of hydrogen-bond acceptors (Lipinski definition) is 1.